The van der Waals surface area contributed by atoms with Crippen LogP contribution in [0.2, 0.25) is 0 Å². The molecule has 1 N–H and O–H groups in total. The Balaban J connectivity index is 2.89. The van der Waals surface area contributed by atoms with Gasteiger partial charge in [-0.15, -0.1) is 11.6 Å². The minimum Gasteiger partial charge on any atom is -0.494 e. The van der Waals surface area contributed by atoms with Crippen LogP contribution in [0.5, 0.6) is 5.75 Å². The molecular weight excluding hydrogens is 281 g/mol. The van der Waals surface area contributed by atoms with Crippen molar-refractivity contribution in [2.45, 2.75) is 33.2 Å². The third-order valence-electron chi connectivity index (χ3n) is 3.16. The first-order chi connectivity index (χ1) is 9.29. The van der Waals surface area contributed by atoms with Crippen molar-refractivity contribution in [3.8, 4) is 5.75 Å². The van der Waals surface area contributed by atoms with Gasteiger partial charge in [-0.1, -0.05) is 20.8 Å². The summed E-state index contributed by atoms with van der Waals surface area (Å²) in [6.07, 6.45) is 0.676. The van der Waals surface area contributed by atoms with Gasteiger partial charge in [-0.25, -0.2) is 4.39 Å². The summed E-state index contributed by atoms with van der Waals surface area (Å²) in [5, 5.41) is 2.94. The molecule has 5 heteroatoms. The fourth-order valence-electron chi connectivity index (χ4n) is 1.87. The van der Waals surface area contributed by atoms with Crippen molar-refractivity contribution in [3.05, 3.63) is 29.6 Å². The Labute approximate surface area is 124 Å². The van der Waals surface area contributed by atoms with Crippen molar-refractivity contribution < 1.29 is 13.9 Å². The van der Waals surface area contributed by atoms with Gasteiger partial charge in [-0.2, -0.15) is 0 Å². The van der Waals surface area contributed by atoms with Gasteiger partial charge in [0.05, 0.1) is 7.11 Å². The van der Waals surface area contributed by atoms with E-state index < -0.39 is 5.82 Å². The van der Waals surface area contributed by atoms with E-state index in [1.807, 2.05) is 20.8 Å². The van der Waals surface area contributed by atoms with Crippen LogP contribution < -0.4 is 10.1 Å². The Morgan fingerprint density at radius 3 is 2.60 bits per heavy atom. The topological polar surface area (TPSA) is 38.3 Å². The molecule has 0 aliphatic carbocycles. The van der Waals surface area contributed by atoms with Crippen molar-refractivity contribution in [2.75, 3.05) is 13.0 Å². The van der Waals surface area contributed by atoms with Gasteiger partial charge >= 0.3 is 0 Å². The van der Waals surface area contributed by atoms with E-state index in [-0.39, 0.29) is 23.1 Å². The van der Waals surface area contributed by atoms with Gasteiger partial charge in [-0.3, -0.25) is 4.79 Å². The largest absolute Gasteiger partial charge is 0.494 e. The van der Waals surface area contributed by atoms with Crippen LogP contribution in [0.4, 0.5) is 4.39 Å². The predicted molar refractivity (Wildman–Crippen MR) is 79.0 cm³/mol. The number of nitrogens with one attached hydrogen (secondary N) is 1. The molecule has 0 bridgehead atoms. The van der Waals surface area contributed by atoms with Gasteiger partial charge in [0.1, 0.15) is 0 Å². The monoisotopic (exact) mass is 301 g/mol. The van der Waals surface area contributed by atoms with Crippen LogP contribution in [-0.4, -0.2) is 24.9 Å². The molecule has 0 spiro atoms. The highest BCUT2D eigenvalue weighted by Gasteiger charge is 2.26. The second-order valence-electron chi connectivity index (χ2n) is 5.72. The molecular formula is C15H21ClFNO2. The fourth-order valence-corrected chi connectivity index (χ4v) is 2.09. The number of hydrogen-bond acceptors (Lipinski definition) is 2. The lowest BCUT2D eigenvalue weighted by molar-refractivity contribution is 0.0900. The second kappa shape index (κ2) is 6.93. The lowest BCUT2D eigenvalue weighted by Gasteiger charge is -2.31. The SMILES string of the molecule is COc1cc(C(=O)NC(CCCl)C(C)(C)C)ccc1F. The zero-order valence-corrected chi connectivity index (χ0v) is 13.1. The Morgan fingerprint density at radius 1 is 1.45 bits per heavy atom. The minimum absolute atomic E-state index is 0.0523. The molecule has 0 aliphatic rings. The number of ether oxygens (including phenoxy) is 1. The summed E-state index contributed by atoms with van der Waals surface area (Å²) in [5.41, 5.74) is 0.265. The van der Waals surface area contributed by atoms with E-state index in [1.165, 1.54) is 25.3 Å². The first-order valence-electron chi connectivity index (χ1n) is 6.50. The van der Waals surface area contributed by atoms with Crippen LogP contribution >= 0.6 is 11.6 Å². The number of benzene rings is 1. The molecule has 1 rings (SSSR count). The summed E-state index contributed by atoms with van der Waals surface area (Å²) in [5.74, 6) is -0.220. The molecule has 1 aromatic rings. The minimum atomic E-state index is -0.489. The number of halogens is 2. The van der Waals surface area contributed by atoms with Crippen LogP contribution in [0.25, 0.3) is 0 Å². The lowest BCUT2D eigenvalue weighted by atomic mass is 9.85. The van der Waals surface area contributed by atoms with Crippen LogP contribution in [0, 0.1) is 11.2 Å². The highest BCUT2D eigenvalue weighted by Crippen LogP contribution is 2.23. The smallest absolute Gasteiger partial charge is 0.251 e. The maximum absolute atomic E-state index is 13.3. The third-order valence-corrected chi connectivity index (χ3v) is 3.38. The average molecular weight is 302 g/mol. The Bertz CT molecular complexity index is 471. The van der Waals surface area contributed by atoms with Crippen LogP contribution in [0.1, 0.15) is 37.6 Å². The predicted octanol–water partition coefficient (Wildman–Crippen LogP) is 3.61. The summed E-state index contributed by atoms with van der Waals surface area (Å²) in [7, 11) is 1.37. The van der Waals surface area contributed by atoms with E-state index in [2.05, 4.69) is 5.32 Å². The Hall–Kier alpha value is -1.29. The number of methoxy groups -OCH3 is 1. The molecule has 20 heavy (non-hydrogen) atoms. The van der Waals surface area contributed by atoms with E-state index in [9.17, 15) is 9.18 Å². The number of carbonyl (C=O) groups is 1. The van der Waals surface area contributed by atoms with Crippen molar-refractivity contribution in [3.63, 3.8) is 0 Å². The van der Waals surface area contributed by atoms with E-state index in [1.54, 1.807) is 0 Å². The Morgan fingerprint density at radius 2 is 2.10 bits per heavy atom. The summed E-state index contributed by atoms with van der Waals surface area (Å²) in [4.78, 5) is 12.2. The maximum Gasteiger partial charge on any atom is 0.251 e. The van der Waals surface area contributed by atoms with Crippen LogP contribution in [0.15, 0.2) is 18.2 Å². The van der Waals surface area contributed by atoms with Gasteiger partial charge in [0.2, 0.25) is 0 Å². The summed E-state index contributed by atoms with van der Waals surface area (Å²) in [6, 6.07) is 4.00. The normalized spacial score (nSPS) is 12.9. The second-order valence-corrected chi connectivity index (χ2v) is 6.10. The number of carbonyl (C=O) groups excluding carboxylic acids is 1. The Kier molecular flexibility index (Phi) is 5.81. The summed E-state index contributed by atoms with van der Waals surface area (Å²) >= 11 is 5.78. The molecule has 0 radical (unpaired) electrons. The molecule has 0 aliphatic heterocycles. The van der Waals surface area contributed by atoms with Gasteiger partial charge in [-0.05, 0) is 30.0 Å². The summed E-state index contributed by atoms with van der Waals surface area (Å²) in [6.45, 7) is 6.11. The number of rotatable bonds is 5. The third kappa shape index (κ3) is 4.37. The molecule has 1 aromatic carbocycles. The van der Waals surface area contributed by atoms with E-state index in [0.717, 1.165) is 0 Å². The molecule has 112 valence electrons. The standard InChI is InChI=1S/C15H21ClFNO2/c1-15(2,3)13(7-8-16)18-14(19)10-5-6-11(17)12(9-10)20-4/h5-6,9,13H,7-8H2,1-4H3,(H,18,19). The fraction of sp³-hybridized carbons (Fsp3) is 0.533. The molecule has 0 saturated carbocycles. The quantitative estimate of drug-likeness (QED) is 0.844. The van der Waals surface area contributed by atoms with Crippen LogP contribution in [-0.2, 0) is 0 Å². The van der Waals surface area contributed by atoms with Gasteiger partial charge in [0, 0.05) is 17.5 Å². The molecule has 0 fully saturated rings. The number of hydrogen-bond donors (Lipinski definition) is 1. The maximum atomic E-state index is 13.3. The lowest BCUT2D eigenvalue weighted by Crippen LogP contribution is -2.44. The van der Waals surface area contributed by atoms with Crippen molar-refractivity contribution in [1.82, 2.24) is 5.32 Å². The number of alkyl halides is 1. The van der Waals surface area contributed by atoms with Gasteiger partial charge in [0.15, 0.2) is 11.6 Å². The van der Waals surface area contributed by atoms with E-state index >= 15 is 0 Å². The molecule has 1 amide bonds. The van der Waals surface area contributed by atoms with Crippen LogP contribution in [0.3, 0.4) is 0 Å². The van der Waals surface area contributed by atoms with Crippen molar-refractivity contribution in [2.24, 2.45) is 5.41 Å². The molecule has 1 unspecified atom stereocenters. The van der Waals surface area contributed by atoms with Crippen molar-refractivity contribution >= 4 is 17.5 Å². The highest BCUT2D eigenvalue weighted by atomic mass is 35.5. The summed E-state index contributed by atoms with van der Waals surface area (Å²) < 4.78 is 18.2. The molecule has 0 heterocycles. The average Bonchev–Trinajstić information content (AvgIpc) is 2.37. The van der Waals surface area contributed by atoms with E-state index in [0.29, 0.717) is 17.9 Å². The molecule has 0 saturated heterocycles. The highest BCUT2D eigenvalue weighted by molar-refractivity contribution is 6.17. The number of amides is 1. The molecule has 3 nitrogen and oxygen atoms in total. The zero-order chi connectivity index (χ0) is 15.3. The molecule has 0 aromatic heterocycles. The van der Waals surface area contributed by atoms with Gasteiger partial charge < -0.3 is 10.1 Å². The first kappa shape index (κ1) is 16.8. The first-order valence-corrected chi connectivity index (χ1v) is 7.03. The van der Waals surface area contributed by atoms with E-state index in [4.69, 9.17) is 16.3 Å². The zero-order valence-electron chi connectivity index (χ0n) is 12.3. The van der Waals surface area contributed by atoms with Gasteiger partial charge in [0.25, 0.3) is 5.91 Å². The van der Waals surface area contributed by atoms with Crippen molar-refractivity contribution in [1.29, 1.82) is 0 Å². The molecule has 1 atom stereocenters.